The third-order valence-electron chi connectivity index (χ3n) is 14.0. The molecular formula is C76H139ClO8. The number of phenolic OH excluding ortho intramolecular Hbond substituents is 7. The van der Waals surface area contributed by atoms with Gasteiger partial charge in [0.2, 0.25) is 0 Å². The molecule has 0 bridgehead atoms. The van der Waals surface area contributed by atoms with Crippen LogP contribution in [0.4, 0.5) is 0 Å². The number of aryl methyl sites for hydroxylation is 2. The topological polar surface area (TPSA) is 151 Å². The van der Waals surface area contributed by atoms with Crippen molar-refractivity contribution in [3.63, 3.8) is 0 Å². The number of hydrogen-bond acceptors (Lipinski definition) is 8. The number of ether oxygens (including phenoxy) is 1. The Morgan fingerprint density at radius 2 is 0.659 bits per heavy atom. The number of methoxy groups -OCH3 is 1. The van der Waals surface area contributed by atoms with Gasteiger partial charge < -0.3 is 40.5 Å². The van der Waals surface area contributed by atoms with Crippen LogP contribution in [-0.4, -0.2) is 42.9 Å². The molecule has 6 atom stereocenters. The Balaban J connectivity index is -0.0000000732. The quantitative estimate of drug-likeness (QED) is 0.0565. The zero-order valence-electron chi connectivity index (χ0n) is 47.0. The average Bonchev–Trinajstić information content (AvgIpc) is 3.39. The molecule has 6 unspecified atom stereocenters. The fraction of sp³-hybridized carbons (Fsp3) is 0.526. The van der Waals surface area contributed by atoms with E-state index >= 15 is 0 Å². The van der Waals surface area contributed by atoms with E-state index in [1.54, 1.807) is 43.5 Å². The minimum atomic E-state index is -0.0537. The maximum Gasteiger partial charge on any atom is 0.160 e. The maximum atomic E-state index is 9.63. The largest absolute Gasteiger partial charge is 0.508 e. The minimum absolute atomic E-state index is 0. The van der Waals surface area contributed by atoms with Gasteiger partial charge >= 0.3 is 0 Å². The fourth-order valence-electron chi connectivity index (χ4n) is 7.03. The third kappa shape index (κ3) is 37.2. The van der Waals surface area contributed by atoms with E-state index in [4.69, 9.17) is 26.6 Å². The summed E-state index contributed by atoms with van der Waals surface area (Å²) >= 11 is 5.68. The number of rotatable bonds is 13. The van der Waals surface area contributed by atoms with Crippen molar-refractivity contribution in [2.24, 2.45) is 0 Å². The molecule has 0 spiro atoms. The van der Waals surface area contributed by atoms with Gasteiger partial charge in [0.15, 0.2) is 23.0 Å². The molecule has 0 aliphatic carbocycles. The number of benzene rings is 6. The van der Waals surface area contributed by atoms with E-state index in [1.165, 1.54) is 28.3 Å². The smallest absolute Gasteiger partial charge is 0.160 e. The lowest BCUT2D eigenvalue weighted by molar-refractivity contribution is 0.373. The Labute approximate surface area is 533 Å². The van der Waals surface area contributed by atoms with Crippen LogP contribution in [0.15, 0.2) is 109 Å². The molecule has 0 heterocycles. The molecule has 0 aliphatic rings. The van der Waals surface area contributed by atoms with E-state index in [1.807, 2.05) is 75.4 Å². The van der Waals surface area contributed by atoms with Crippen molar-refractivity contribution in [1.82, 2.24) is 0 Å². The van der Waals surface area contributed by atoms with Gasteiger partial charge in [-0.05, 0) is 206 Å². The summed E-state index contributed by atoms with van der Waals surface area (Å²) in [7, 11) is 1.55. The summed E-state index contributed by atoms with van der Waals surface area (Å²) in [6, 6.07) is 33.4. The standard InChI is InChI=1S/C12H18O.C11H16O2.C11H16O.C10H13ClO.C10H14O2.C10H14O.12CH4/c1-5-8(2)11-6-9(3)10(4)12(13)7-11;1-4-8(2)9-5-6-11(13-3)10(12)7-9;1-4-8(2)10-6-5-9(3)11(12)7-10;2*1-3-7(2)8-4-5-9(11)10(12)6-8;1-3-8(2)9-5-4-6-10(11)7-9;;;;;;;;;;;;/h6-8,13H,5H2,1-4H3;5-8,12H,4H2,1-3H3;5-8,12H,4H2,1-3H3;4-7,12H,3H2,1-2H3;4-7,11-12H,3H2,1-2H3;4-8,11H,3H2,1-2H3;12*1H4. The Morgan fingerprint density at radius 1 is 0.329 bits per heavy atom. The fourth-order valence-corrected chi connectivity index (χ4v) is 7.15. The molecule has 9 heteroatoms. The highest BCUT2D eigenvalue weighted by atomic mass is 35.5. The lowest BCUT2D eigenvalue weighted by atomic mass is 9.95. The molecule has 85 heavy (non-hydrogen) atoms. The Morgan fingerprint density at radius 3 is 1.00 bits per heavy atom. The number of hydrogen-bond donors (Lipinski definition) is 7. The van der Waals surface area contributed by atoms with Crippen molar-refractivity contribution in [2.75, 3.05) is 7.11 Å². The van der Waals surface area contributed by atoms with Gasteiger partial charge in [-0.3, -0.25) is 0 Å². The van der Waals surface area contributed by atoms with E-state index in [9.17, 15) is 25.5 Å². The van der Waals surface area contributed by atoms with Crippen molar-refractivity contribution in [3.8, 4) is 46.0 Å². The van der Waals surface area contributed by atoms with Crippen molar-refractivity contribution >= 4 is 11.6 Å². The Bertz CT molecular complexity index is 2360. The van der Waals surface area contributed by atoms with Crippen LogP contribution in [0.2, 0.25) is 5.02 Å². The highest BCUT2D eigenvalue weighted by molar-refractivity contribution is 6.32. The van der Waals surface area contributed by atoms with Gasteiger partial charge in [0.05, 0.1) is 12.1 Å². The molecule has 0 aromatic heterocycles. The molecule has 7 N–H and O–H groups in total. The average molecular weight is 1220 g/mol. The number of halogens is 1. The lowest BCUT2D eigenvalue weighted by Gasteiger charge is -2.12. The third-order valence-corrected chi connectivity index (χ3v) is 14.3. The Kier molecular flexibility index (Phi) is 70.4. The van der Waals surface area contributed by atoms with Crippen molar-refractivity contribution in [3.05, 3.63) is 164 Å². The molecule has 6 rings (SSSR count). The number of aromatic hydroxyl groups is 7. The summed E-state index contributed by atoms with van der Waals surface area (Å²) in [6.45, 7) is 31.6. The molecular weight excluding hydrogens is 1080 g/mol. The van der Waals surface area contributed by atoms with Crippen molar-refractivity contribution < 1.29 is 40.5 Å². The molecule has 6 aromatic rings. The predicted molar refractivity (Wildman–Crippen MR) is 389 cm³/mol. The zero-order valence-corrected chi connectivity index (χ0v) is 47.8. The SMILES string of the molecule is C.C.C.C.C.C.C.C.C.C.C.C.CCC(C)c1cc(C)c(C)c(O)c1.CCC(C)c1ccc(C)c(O)c1.CCC(C)c1ccc(Cl)c(O)c1.CCC(C)c1ccc(O)c(O)c1.CCC(C)c1ccc(OC)c(O)c1.CCC(C)c1cccc(O)c1. The molecule has 8 nitrogen and oxygen atoms in total. The van der Waals surface area contributed by atoms with Crippen LogP contribution < -0.4 is 4.74 Å². The normalized spacial score (nSPS) is 11.0. The van der Waals surface area contributed by atoms with Crippen LogP contribution >= 0.6 is 11.6 Å². The highest BCUT2D eigenvalue weighted by Gasteiger charge is 2.10. The number of phenols is 7. The Hall–Kier alpha value is -5.99. The van der Waals surface area contributed by atoms with E-state index in [2.05, 4.69) is 95.2 Å². The van der Waals surface area contributed by atoms with Gasteiger partial charge in [-0.1, -0.05) is 232 Å². The van der Waals surface area contributed by atoms with Gasteiger partial charge in [-0.15, -0.1) is 0 Å². The molecule has 0 aliphatic heterocycles. The molecule has 0 fully saturated rings. The molecule has 0 saturated heterocycles. The van der Waals surface area contributed by atoms with Gasteiger partial charge in [-0.2, -0.15) is 0 Å². The summed E-state index contributed by atoms with van der Waals surface area (Å²) in [5.41, 5.74) is 10.1. The van der Waals surface area contributed by atoms with E-state index in [0.717, 1.165) is 66.3 Å². The van der Waals surface area contributed by atoms with Crippen molar-refractivity contribution in [1.29, 1.82) is 0 Å². The predicted octanol–water partition coefficient (Wildman–Crippen LogP) is 26.4. The van der Waals surface area contributed by atoms with Gasteiger partial charge in [0, 0.05) is 0 Å². The highest BCUT2D eigenvalue weighted by Crippen LogP contribution is 2.33. The first-order valence-electron chi connectivity index (χ1n) is 26.2. The lowest BCUT2D eigenvalue weighted by Crippen LogP contribution is -1.93. The van der Waals surface area contributed by atoms with Crippen LogP contribution in [-0.2, 0) is 0 Å². The van der Waals surface area contributed by atoms with Crippen LogP contribution in [0.5, 0.6) is 46.0 Å². The van der Waals surface area contributed by atoms with Gasteiger partial charge in [0.25, 0.3) is 0 Å². The maximum absolute atomic E-state index is 9.63. The molecule has 0 saturated carbocycles. The van der Waals surface area contributed by atoms with Crippen LogP contribution in [0.1, 0.15) is 296 Å². The van der Waals surface area contributed by atoms with Crippen LogP contribution in [0.25, 0.3) is 0 Å². The molecule has 0 radical (unpaired) electrons. The second-order valence-corrected chi connectivity index (χ2v) is 19.8. The van der Waals surface area contributed by atoms with Gasteiger partial charge in [0.1, 0.15) is 23.0 Å². The summed E-state index contributed by atoms with van der Waals surface area (Å²) in [5, 5.41) is 65.7. The first-order chi connectivity index (χ1) is 34.4. The van der Waals surface area contributed by atoms with E-state index < -0.39 is 0 Å². The first kappa shape index (κ1) is 107. The molecule has 498 valence electrons. The van der Waals surface area contributed by atoms with E-state index in [0.29, 0.717) is 63.5 Å². The second kappa shape index (κ2) is 55.9. The van der Waals surface area contributed by atoms with E-state index in [-0.39, 0.29) is 112 Å². The summed E-state index contributed by atoms with van der Waals surface area (Å²) in [6.07, 6.45) is 6.52. The first-order valence-corrected chi connectivity index (χ1v) is 26.6. The summed E-state index contributed by atoms with van der Waals surface area (Å²) < 4.78 is 4.96. The summed E-state index contributed by atoms with van der Waals surface area (Å²) in [4.78, 5) is 0. The van der Waals surface area contributed by atoms with Crippen LogP contribution in [0, 0.1) is 20.8 Å². The minimum Gasteiger partial charge on any atom is -0.508 e. The molecule has 6 aromatic carbocycles. The zero-order chi connectivity index (χ0) is 55.5. The monoisotopic (exact) mass is 1220 g/mol. The molecule has 0 amide bonds. The van der Waals surface area contributed by atoms with Crippen molar-refractivity contribution in [2.45, 2.75) is 267 Å². The summed E-state index contributed by atoms with van der Waals surface area (Å²) in [5.74, 6) is 5.05. The van der Waals surface area contributed by atoms with Crippen LogP contribution in [0.3, 0.4) is 0 Å². The second-order valence-electron chi connectivity index (χ2n) is 19.4. The van der Waals surface area contributed by atoms with Gasteiger partial charge in [-0.25, -0.2) is 0 Å².